The van der Waals surface area contributed by atoms with Crippen molar-refractivity contribution in [3.05, 3.63) is 28.0 Å². The number of aryl methyl sites for hydroxylation is 1. The van der Waals surface area contributed by atoms with Gasteiger partial charge in [-0.15, -0.1) is 11.3 Å². The number of hydrogen-bond acceptors (Lipinski definition) is 6. The summed E-state index contributed by atoms with van der Waals surface area (Å²) in [6.07, 6.45) is 1.90. The molecule has 0 spiro atoms. The minimum Gasteiger partial charge on any atom is -0.370 e. The maximum absolute atomic E-state index is 4.57. The molecule has 6 heteroatoms. The molecule has 0 unspecified atom stereocenters. The standard InChI is InChI=1S/C14H21N5S/c1-4-6-15-13-10(3)14(19-12(5-2)18-13)16-7-11-8-20-9-17-11/h8-9H,4-7H2,1-3H3,(H2,15,16,18,19). The Morgan fingerprint density at radius 2 is 1.90 bits per heavy atom. The molecule has 2 aromatic heterocycles. The third kappa shape index (κ3) is 3.66. The van der Waals surface area contributed by atoms with E-state index >= 15 is 0 Å². The molecule has 0 bridgehead atoms. The fourth-order valence-electron chi connectivity index (χ4n) is 1.81. The smallest absolute Gasteiger partial charge is 0.135 e. The van der Waals surface area contributed by atoms with Gasteiger partial charge in [0, 0.05) is 23.9 Å². The molecular formula is C14H21N5S. The van der Waals surface area contributed by atoms with Crippen molar-refractivity contribution >= 4 is 23.0 Å². The van der Waals surface area contributed by atoms with Gasteiger partial charge in [0.15, 0.2) is 0 Å². The topological polar surface area (TPSA) is 62.7 Å². The van der Waals surface area contributed by atoms with E-state index in [1.807, 2.05) is 17.8 Å². The minimum absolute atomic E-state index is 0.692. The number of aromatic nitrogens is 3. The second-order valence-electron chi connectivity index (χ2n) is 4.58. The Morgan fingerprint density at radius 1 is 1.15 bits per heavy atom. The largest absolute Gasteiger partial charge is 0.370 e. The lowest BCUT2D eigenvalue weighted by Gasteiger charge is -2.14. The van der Waals surface area contributed by atoms with E-state index < -0.39 is 0 Å². The average molecular weight is 291 g/mol. The first kappa shape index (κ1) is 14.7. The molecule has 0 aliphatic heterocycles. The molecule has 2 rings (SSSR count). The van der Waals surface area contributed by atoms with Crippen molar-refractivity contribution in [3.8, 4) is 0 Å². The highest BCUT2D eigenvalue weighted by molar-refractivity contribution is 7.07. The van der Waals surface area contributed by atoms with Gasteiger partial charge >= 0.3 is 0 Å². The van der Waals surface area contributed by atoms with Crippen LogP contribution >= 0.6 is 11.3 Å². The number of anilines is 2. The summed E-state index contributed by atoms with van der Waals surface area (Å²) in [5.74, 6) is 2.68. The van der Waals surface area contributed by atoms with Crippen LogP contribution in [0.2, 0.25) is 0 Å². The van der Waals surface area contributed by atoms with Crippen LogP contribution in [0, 0.1) is 6.92 Å². The van der Waals surface area contributed by atoms with Crippen molar-refractivity contribution in [2.24, 2.45) is 0 Å². The summed E-state index contributed by atoms with van der Waals surface area (Å²) in [5, 5.41) is 8.77. The van der Waals surface area contributed by atoms with Gasteiger partial charge in [0.25, 0.3) is 0 Å². The molecule has 108 valence electrons. The Bertz CT molecular complexity index is 539. The van der Waals surface area contributed by atoms with Crippen LogP contribution in [0.15, 0.2) is 10.9 Å². The second kappa shape index (κ2) is 7.19. The van der Waals surface area contributed by atoms with Crippen LogP contribution in [0.3, 0.4) is 0 Å². The van der Waals surface area contributed by atoms with Crippen molar-refractivity contribution in [2.75, 3.05) is 17.2 Å². The summed E-state index contributed by atoms with van der Waals surface area (Å²) in [4.78, 5) is 13.4. The molecule has 0 aliphatic rings. The van der Waals surface area contributed by atoms with Crippen LogP contribution in [0.4, 0.5) is 11.6 Å². The molecule has 0 aliphatic carbocycles. The van der Waals surface area contributed by atoms with Crippen LogP contribution in [0.5, 0.6) is 0 Å². The maximum atomic E-state index is 4.57. The first-order valence-corrected chi connectivity index (χ1v) is 7.91. The fourth-order valence-corrected chi connectivity index (χ4v) is 2.37. The van der Waals surface area contributed by atoms with Crippen molar-refractivity contribution < 1.29 is 0 Å². The van der Waals surface area contributed by atoms with Gasteiger partial charge < -0.3 is 10.6 Å². The highest BCUT2D eigenvalue weighted by atomic mass is 32.1. The van der Waals surface area contributed by atoms with Crippen molar-refractivity contribution in [1.29, 1.82) is 0 Å². The summed E-state index contributed by atoms with van der Waals surface area (Å²) in [6, 6.07) is 0. The minimum atomic E-state index is 0.692. The van der Waals surface area contributed by atoms with E-state index in [0.29, 0.717) is 6.54 Å². The maximum Gasteiger partial charge on any atom is 0.135 e. The Kier molecular flexibility index (Phi) is 5.29. The van der Waals surface area contributed by atoms with Gasteiger partial charge in [-0.25, -0.2) is 15.0 Å². The molecule has 0 amide bonds. The highest BCUT2D eigenvalue weighted by Gasteiger charge is 2.10. The molecule has 0 saturated heterocycles. The van der Waals surface area contributed by atoms with Gasteiger partial charge in [0.1, 0.15) is 17.5 Å². The monoisotopic (exact) mass is 291 g/mol. The molecule has 0 radical (unpaired) electrons. The Hall–Kier alpha value is -1.69. The van der Waals surface area contributed by atoms with Crippen molar-refractivity contribution in [2.45, 2.75) is 40.2 Å². The molecule has 2 N–H and O–H groups in total. The normalized spacial score (nSPS) is 10.6. The van der Waals surface area contributed by atoms with Gasteiger partial charge in [-0.3, -0.25) is 0 Å². The first-order chi connectivity index (χ1) is 9.74. The summed E-state index contributed by atoms with van der Waals surface area (Å²) in [6.45, 7) is 7.87. The molecule has 5 nitrogen and oxygen atoms in total. The first-order valence-electron chi connectivity index (χ1n) is 6.96. The van der Waals surface area contributed by atoms with Gasteiger partial charge in [0.05, 0.1) is 17.7 Å². The van der Waals surface area contributed by atoms with E-state index in [9.17, 15) is 0 Å². The predicted molar refractivity (Wildman–Crippen MR) is 84.4 cm³/mol. The lowest BCUT2D eigenvalue weighted by atomic mass is 10.2. The lowest BCUT2D eigenvalue weighted by Crippen LogP contribution is -2.11. The number of nitrogens with zero attached hydrogens (tertiary/aromatic N) is 3. The predicted octanol–water partition coefficient (Wildman–Crippen LogP) is 3.24. The summed E-state index contributed by atoms with van der Waals surface area (Å²) < 4.78 is 0. The second-order valence-corrected chi connectivity index (χ2v) is 5.29. The summed E-state index contributed by atoms with van der Waals surface area (Å²) >= 11 is 1.60. The number of hydrogen-bond donors (Lipinski definition) is 2. The van der Waals surface area contributed by atoms with E-state index in [-0.39, 0.29) is 0 Å². The molecule has 0 fully saturated rings. The van der Waals surface area contributed by atoms with E-state index in [2.05, 4.69) is 39.4 Å². The molecule has 20 heavy (non-hydrogen) atoms. The van der Waals surface area contributed by atoms with E-state index in [1.165, 1.54) is 0 Å². The lowest BCUT2D eigenvalue weighted by molar-refractivity contribution is 0.901. The number of rotatable bonds is 7. The quantitative estimate of drug-likeness (QED) is 0.820. The van der Waals surface area contributed by atoms with E-state index in [1.54, 1.807) is 11.3 Å². The SMILES string of the molecule is CCCNc1nc(CC)nc(NCc2cscn2)c1C. The Balaban J connectivity index is 2.17. The zero-order valence-electron chi connectivity index (χ0n) is 12.2. The zero-order chi connectivity index (χ0) is 14.4. The van der Waals surface area contributed by atoms with Gasteiger partial charge in [0.2, 0.25) is 0 Å². The molecule has 0 atom stereocenters. The van der Waals surface area contributed by atoms with Crippen molar-refractivity contribution in [1.82, 2.24) is 15.0 Å². The molecule has 0 saturated carbocycles. The number of thiazole rings is 1. The molecule has 2 heterocycles. The Morgan fingerprint density at radius 3 is 2.50 bits per heavy atom. The molecular weight excluding hydrogens is 270 g/mol. The molecule has 0 aromatic carbocycles. The van der Waals surface area contributed by atoms with Gasteiger partial charge in [-0.05, 0) is 13.3 Å². The van der Waals surface area contributed by atoms with Crippen LogP contribution in [-0.4, -0.2) is 21.5 Å². The van der Waals surface area contributed by atoms with E-state index in [0.717, 1.165) is 48.1 Å². The zero-order valence-corrected chi connectivity index (χ0v) is 13.0. The summed E-state index contributed by atoms with van der Waals surface area (Å²) in [7, 11) is 0. The third-order valence-electron chi connectivity index (χ3n) is 2.97. The fraction of sp³-hybridized carbons (Fsp3) is 0.500. The highest BCUT2D eigenvalue weighted by Crippen LogP contribution is 2.21. The van der Waals surface area contributed by atoms with Gasteiger partial charge in [-0.1, -0.05) is 13.8 Å². The van der Waals surface area contributed by atoms with Crippen LogP contribution in [0.1, 0.15) is 37.4 Å². The summed E-state index contributed by atoms with van der Waals surface area (Å²) in [5.41, 5.74) is 3.94. The average Bonchev–Trinajstić information content (AvgIpc) is 2.98. The Labute approximate surface area is 123 Å². The van der Waals surface area contributed by atoms with E-state index in [4.69, 9.17) is 0 Å². The van der Waals surface area contributed by atoms with Crippen LogP contribution in [-0.2, 0) is 13.0 Å². The van der Waals surface area contributed by atoms with Crippen LogP contribution < -0.4 is 10.6 Å². The number of nitrogens with one attached hydrogen (secondary N) is 2. The van der Waals surface area contributed by atoms with Gasteiger partial charge in [-0.2, -0.15) is 0 Å². The third-order valence-corrected chi connectivity index (χ3v) is 3.61. The van der Waals surface area contributed by atoms with Crippen molar-refractivity contribution in [3.63, 3.8) is 0 Å². The van der Waals surface area contributed by atoms with Crippen LogP contribution in [0.25, 0.3) is 0 Å². The molecule has 2 aromatic rings.